The normalized spacial score (nSPS) is 11.5. The molecule has 1 aromatic carbocycles. The van der Waals surface area contributed by atoms with Crippen molar-refractivity contribution in [2.75, 3.05) is 29.1 Å². The first-order chi connectivity index (χ1) is 14.7. The van der Waals surface area contributed by atoms with Gasteiger partial charge in [0.1, 0.15) is 0 Å². The highest BCUT2D eigenvalue weighted by Gasteiger charge is 2.20. The van der Waals surface area contributed by atoms with E-state index in [-0.39, 0.29) is 17.1 Å². The van der Waals surface area contributed by atoms with Gasteiger partial charge in [0.05, 0.1) is 11.4 Å². The summed E-state index contributed by atoms with van der Waals surface area (Å²) in [6.45, 7) is 12.3. The van der Waals surface area contributed by atoms with Crippen LogP contribution in [0.3, 0.4) is 0 Å². The number of nitrogens with one attached hydrogen (secondary N) is 1. The average molecular weight is 443 g/mol. The Morgan fingerprint density at radius 1 is 1.16 bits per heavy atom. The Labute approximate surface area is 187 Å². The number of carbonyl (C=O) groups is 1. The summed E-state index contributed by atoms with van der Waals surface area (Å²) in [6.07, 6.45) is 0. The summed E-state index contributed by atoms with van der Waals surface area (Å²) < 4.78 is 7.11. The van der Waals surface area contributed by atoms with Crippen LogP contribution >= 0.6 is 11.8 Å². The molecule has 9 heteroatoms. The summed E-state index contributed by atoms with van der Waals surface area (Å²) in [5.41, 5.74) is 2.82. The number of hydrogen-bond donors (Lipinski definition) is 1. The second-order valence-electron chi connectivity index (χ2n) is 8.25. The number of thioether (sulfide) groups is 1. The van der Waals surface area contributed by atoms with Crippen LogP contribution in [-0.2, 0) is 17.3 Å². The lowest BCUT2D eigenvalue weighted by Gasteiger charge is -2.21. The third kappa shape index (κ3) is 5.46. The molecule has 31 heavy (non-hydrogen) atoms. The third-order valence-electron chi connectivity index (χ3n) is 4.96. The molecule has 0 saturated heterocycles. The molecule has 2 aromatic heterocycles. The highest BCUT2D eigenvalue weighted by molar-refractivity contribution is 7.99. The van der Waals surface area contributed by atoms with E-state index in [0.29, 0.717) is 11.0 Å². The number of nitrogens with zero attached hydrogens (tertiary/aromatic N) is 5. The van der Waals surface area contributed by atoms with E-state index in [2.05, 4.69) is 63.7 Å². The van der Waals surface area contributed by atoms with Crippen LogP contribution in [0.25, 0.3) is 11.4 Å². The van der Waals surface area contributed by atoms with E-state index in [0.717, 1.165) is 30.2 Å². The zero-order valence-corrected chi connectivity index (χ0v) is 19.8. The molecule has 0 bridgehead atoms. The standard InChI is InChI=1S/C22H30N6O2S/c1-7-28(8-2)16-11-9-15(10-12-16)20-24-25-21(27(20)6)31-14-18(29)23-19-13-17(26-30-19)22(3,4)5/h9-13H,7-8,14H2,1-6H3,(H,23,29). The highest BCUT2D eigenvalue weighted by atomic mass is 32.2. The summed E-state index contributed by atoms with van der Waals surface area (Å²) in [6, 6.07) is 10.1. The van der Waals surface area contributed by atoms with Gasteiger partial charge in [0, 0.05) is 42.9 Å². The molecule has 0 aliphatic heterocycles. The molecule has 0 saturated carbocycles. The summed E-state index contributed by atoms with van der Waals surface area (Å²) >= 11 is 1.32. The van der Waals surface area contributed by atoms with Crippen LogP contribution in [0.1, 0.15) is 40.3 Å². The van der Waals surface area contributed by atoms with Crippen LogP contribution in [0.2, 0.25) is 0 Å². The van der Waals surface area contributed by atoms with E-state index in [1.165, 1.54) is 17.4 Å². The number of amides is 1. The molecular formula is C22H30N6O2S. The van der Waals surface area contributed by atoms with Crippen molar-refractivity contribution in [3.05, 3.63) is 36.0 Å². The number of hydrogen-bond acceptors (Lipinski definition) is 7. The van der Waals surface area contributed by atoms with Crippen LogP contribution < -0.4 is 10.2 Å². The zero-order valence-electron chi connectivity index (χ0n) is 19.0. The summed E-state index contributed by atoms with van der Waals surface area (Å²) in [5.74, 6) is 1.12. The van der Waals surface area contributed by atoms with E-state index in [4.69, 9.17) is 4.52 Å². The molecule has 0 fully saturated rings. The van der Waals surface area contributed by atoms with Crippen LogP contribution in [-0.4, -0.2) is 44.7 Å². The lowest BCUT2D eigenvalue weighted by molar-refractivity contribution is -0.113. The molecule has 1 amide bonds. The van der Waals surface area contributed by atoms with Crippen molar-refractivity contribution < 1.29 is 9.32 Å². The molecule has 0 unspecified atom stereocenters. The van der Waals surface area contributed by atoms with E-state index in [1.54, 1.807) is 6.07 Å². The third-order valence-corrected chi connectivity index (χ3v) is 5.98. The SMILES string of the molecule is CCN(CC)c1ccc(-c2nnc(SCC(=O)Nc3cc(C(C)(C)C)no3)n2C)cc1. The highest BCUT2D eigenvalue weighted by Crippen LogP contribution is 2.26. The molecule has 2 heterocycles. The first kappa shape index (κ1) is 22.9. The maximum Gasteiger partial charge on any atom is 0.237 e. The van der Waals surface area contributed by atoms with E-state index < -0.39 is 0 Å². The Kier molecular flexibility index (Phi) is 7.04. The quantitative estimate of drug-likeness (QED) is 0.519. The Hall–Kier alpha value is -2.81. The lowest BCUT2D eigenvalue weighted by atomic mass is 9.92. The van der Waals surface area contributed by atoms with Gasteiger partial charge in [0.15, 0.2) is 11.0 Å². The van der Waals surface area contributed by atoms with Gasteiger partial charge in [0.2, 0.25) is 11.8 Å². The summed E-state index contributed by atoms with van der Waals surface area (Å²) in [5, 5.41) is 16.0. The molecule has 8 nitrogen and oxygen atoms in total. The topological polar surface area (TPSA) is 89.1 Å². The predicted octanol–water partition coefficient (Wildman–Crippen LogP) is 4.34. The fourth-order valence-electron chi connectivity index (χ4n) is 3.09. The van der Waals surface area contributed by atoms with Gasteiger partial charge in [-0.15, -0.1) is 10.2 Å². The second-order valence-corrected chi connectivity index (χ2v) is 9.19. The molecule has 3 aromatic rings. The molecule has 0 radical (unpaired) electrons. The van der Waals surface area contributed by atoms with Crippen molar-refractivity contribution in [2.24, 2.45) is 7.05 Å². The number of aromatic nitrogens is 4. The minimum absolute atomic E-state index is 0.139. The van der Waals surface area contributed by atoms with Gasteiger partial charge >= 0.3 is 0 Å². The van der Waals surface area contributed by atoms with Crippen LogP contribution in [0, 0.1) is 0 Å². The van der Waals surface area contributed by atoms with Crippen LogP contribution in [0.5, 0.6) is 0 Å². The van der Waals surface area contributed by atoms with Gasteiger partial charge in [-0.1, -0.05) is 37.7 Å². The first-order valence-electron chi connectivity index (χ1n) is 10.4. The van der Waals surface area contributed by atoms with Gasteiger partial charge in [0.25, 0.3) is 0 Å². The molecule has 3 rings (SSSR count). The maximum absolute atomic E-state index is 12.3. The lowest BCUT2D eigenvalue weighted by Crippen LogP contribution is -2.21. The van der Waals surface area contributed by atoms with Gasteiger partial charge in [-0.25, -0.2) is 0 Å². The molecule has 0 atom stereocenters. The van der Waals surface area contributed by atoms with Crippen LogP contribution in [0.4, 0.5) is 11.6 Å². The molecule has 1 N–H and O–H groups in total. The smallest absolute Gasteiger partial charge is 0.237 e. The van der Waals surface area contributed by atoms with Crippen LogP contribution in [0.15, 0.2) is 40.0 Å². The molecule has 166 valence electrons. The van der Waals surface area contributed by atoms with Crippen molar-refractivity contribution in [3.8, 4) is 11.4 Å². The van der Waals surface area contributed by atoms with Crippen molar-refractivity contribution in [3.63, 3.8) is 0 Å². The van der Waals surface area contributed by atoms with E-state index >= 15 is 0 Å². The number of benzene rings is 1. The van der Waals surface area contributed by atoms with Gasteiger partial charge in [-0.3, -0.25) is 10.1 Å². The monoisotopic (exact) mass is 442 g/mol. The molecular weight excluding hydrogens is 412 g/mol. The van der Waals surface area contributed by atoms with Crippen molar-refractivity contribution in [2.45, 2.75) is 45.2 Å². The number of anilines is 2. The van der Waals surface area contributed by atoms with Crippen molar-refractivity contribution in [1.29, 1.82) is 0 Å². The van der Waals surface area contributed by atoms with Gasteiger partial charge in [-0.05, 0) is 38.1 Å². The van der Waals surface area contributed by atoms with E-state index in [1.807, 2.05) is 32.4 Å². The van der Waals surface area contributed by atoms with Crippen molar-refractivity contribution >= 4 is 29.2 Å². The zero-order chi connectivity index (χ0) is 22.6. The summed E-state index contributed by atoms with van der Waals surface area (Å²) in [4.78, 5) is 14.6. The van der Waals surface area contributed by atoms with Gasteiger partial charge in [-0.2, -0.15) is 0 Å². The Bertz CT molecular complexity index is 1020. The molecule has 0 aliphatic rings. The number of carbonyl (C=O) groups excluding carboxylic acids is 1. The fraction of sp³-hybridized carbons (Fsp3) is 0.455. The second kappa shape index (κ2) is 9.55. The van der Waals surface area contributed by atoms with Crippen molar-refractivity contribution in [1.82, 2.24) is 19.9 Å². The predicted molar refractivity (Wildman–Crippen MR) is 125 cm³/mol. The minimum atomic E-state index is -0.185. The van der Waals surface area contributed by atoms with Gasteiger partial charge < -0.3 is 14.0 Å². The van der Waals surface area contributed by atoms with E-state index in [9.17, 15) is 4.79 Å². The molecule has 0 aliphatic carbocycles. The average Bonchev–Trinajstić information content (AvgIpc) is 3.35. The Balaban J connectivity index is 1.61. The fourth-order valence-corrected chi connectivity index (χ4v) is 3.80. The maximum atomic E-state index is 12.3. The largest absolute Gasteiger partial charge is 0.372 e. The first-order valence-corrected chi connectivity index (χ1v) is 11.4. The summed E-state index contributed by atoms with van der Waals surface area (Å²) in [7, 11) is 1.90. The Morgan fingerprint density at radius 3 is 2.42 bits per heavy atom. The Morgan fingerprint density at radius 2 is 1.84 bits per heavy atom. The number of rotatable bonds is 8. The molecule has 0 spiro atoms. The minimum Gasteiger partial charge on any atom is -0.372 e.